The van der Waals surface area contributed by atoms with Crippen molar-refractivity contribution >= 4 is 16.8 Å². The van der Waals surface area contributed by atoms with Crippen molar-refractivity contribution in [2.75, 3.05) is 5.75 Å². The molecule has 0 amide bonds. The van der Waals surface area contributed by atoms with E-state index in [4.69, 9.17) is 5.11 Å². The van der Waals surface area contributed by atoms with Gasteiger partial charge < -0.3 is 5.11 Å². The lowest BCUT2D eigenvalue weighted by Crippen LogP contribution is -1.95. The second-order valence-electron chi connectivity index (χ2n) is 3.23. The van der Waals surface area contributed by atoms with Gasteiger partial charge in [-0.3, -0.25) is 4.21 Å². The molecule has 0 saturated carbocycles. The van der Waals surface area contributed by atoms with Crippen LogP contribution in [0.4, 0.5) is 0 Å². The average molecular weight is 238 g/mol. The van der Waals surface area contributed by atoms with Gasteiger partial charge in [0.2, 0.25) is 0 Å². The number of rotatable bonds is 5. The number of carboxylic acids is 1. The summed E-state index contributed by atoms with van der Waals surface area (Å²) in [7, 11) is -0.955. The van der Waals surface area contributed by atoms with Crippen LogP contribution in [0.5, 0.6) is 0 Å². The Bertz CT molecular complexity index is 424. The van der Waals surface area contributed by atoms with E-state index in [2.05, 4.69) is 0 Å². The van der Waals surface area contributed by atoms with E-state index in [-0.39, 0.29) is 0 Å². The van der Waals surface area contributed by atoms with Crippen molar-refractivity contribution in [2.24, 2.45) is 0 Å². The van der Waals surface area contributed by atoms with E-state index in [1.54, 1.807) is 6.08 Å². The molecular formula is C12H14O3S. The van der Waals surface area contributed by atoms with Gasteiger partial charge in [-0.15, -0.1) is 0 Å². The van der Waals surface area contributed by atoms with E-state index in [9.17, 15) is 9.00 Å². The maximum atomic E-state index is 11.5. The van der Waals surface area contributed by atoms with Crippen LogP contribution in [0.3, 0.4) is 0 Å². The Balaban J connectivity index is 2.75. The maximum Gasteiger partial charge on any atom is 0.327 e. The largest absolute Gasteiger partial charge is 0.478 e. The predicted molar refractivity (Wildman–Crippen MR) is 63.9 cm³/mol. The first-order valence-electron chi connectivity index (χ1n) is 5.00. The van der Waals surface area contributed by atoms with Gasteiger partial charge in [0.05, 0.1) is 10.8 Å². The molecule has 0 fully saturated rings. The number of hydrogen-bond donors (Lipinski definition) is 1. The van der Waals surface area contributed by atoms with E-state index < -0.39 is 16.8 Å². The summed E-state index contributed by atoms with van der Waals surface area (Å²) in [4.78, 5) is 11.1. The van der Waals surface area contributed by atoms with Crippen LogP contribution in [0.15, 0.2) is 41.3 Å². The lowest BCUT2D eigenvalue weighted by atomic mass is 10.1. The molecule has 1 atom stereocenters. The van der Waals surface area contributed by atoms with Crippen molar-refractivity contribution in [1.29, 1.82) is 0 Å². The van der Waals surface area contributed by atoms with E-state index in [0.29, 0.717) is 12.2 Å². The molecule has 1 N–H and O–H groups in total. The minimum atomic E-state index is -0.955. The molecule has 1 aromatic carbocycles. The molecule has 0 heterocycles. The third kappa shape index (κ3) is 3.98. The zero-order valence-electron chi connectivity index (χ0n) is 9.05. The van der Waals surface area contributed by atoms with Crippen molar-refractivity contribution in [3.8, 4) is 0 Å². The molecule has 0 aliphatic rings. The maximum absolute atomic E-state index is 11.5. The first-order valence-corrected chi connectivity index (χ1v) is 6.32. The predicted octanol–water partition coefficient (Wildman–Crippen LogP) is 2.00. The highest BCUT2D eigenvalue weighted by Gasteiger charge is 2.01. The zero-order chi connectivity index (χ0) is 12.0. The van der Waals surface area contributed by atoms with Crippen molar-refractivity contribution in [2.45, 2.75) is 18.2 Å². The smallest absolute Gasteiger partial charge is 0.327 e. The molecule has 4 heteroatoms. The minimum absolute atomic E-state index is 0.543. The molecule has 1 rings (SSSR count). The van der Waals surface area contributed by atoms with E-state index >= 15 is 0 Å². The van der Waals surface area contributed by atoms with Gasteiger partial charge in [-0.25, -0.2) is 4.79 Å². The Kier molecular flexibility index (Phi) is 4.92. The van der Waals surface area contributed by atoms with Gasteiger partial charge in [-0.05, 0) is 24.1 Å². The molecule has 0 radical (unpaired) electrons. The summed E-state index contributed by atoms with van der Waals surface area (Å²) < 4.78 is 11.5. The number of benzene rings is 1. The Morgan fingerprint density at radius 3 is 2.88 bits per heavy atom. The summed E-state index contributed by atoms with van der Waals surface area (Å²) in [5.41, 5.74) is 0.969. The van der Waals surface area contributed by atoms with Crippen LogP contribution in [-0.2, 0) is 22.0 Å². The standard InChI is InChI=1S/C12H14O3S/c1-2-16(15)11-7-3-5-10(9-11)6-4-8-12(13)14/h3-5,7-9H,2,6H2,1H3,(H,13,14)/b8-4+. The van der Waals surface area contributed by atoms with Crippen molar-refractivity contribution in [3.05, 3.63) is 42.0 Å². The summed E-state index contributed by atoms with van der Waals surface area (Å²) >= 11 is 0. The lowest BCUT2D eigenvalue weighted by molar-refractivity contribution is -0.131. The third-order valence-electron chi connectivity index (χ3n) is 2.04. The van der Waals surface area contributed by atoms with Crippen LogP contribution in [0, 0.1) is 0 Å². The summed E-state index contributed by atoms with van der Waals surface area (Å²) in [6, 6.07) is 7.41. The molecule has 1 aromatic rings. The molecule has 0 saturated heterocycles. The molecule has 0 aliphatic carbocycles. The number of hydrogen-bond acceptors (Lipinski definition) is 2. The summed E-state index contributed by atoms with van der Waals surface area (Å²) in [5, 5.41) is 8.44. The van der Waals surface area contributed by atoms with E-state index in [1.165, 1.54) is 0 Å². The molecule has 0 aromatic heterocycles. The molecule has 3 nitrogen and oxygen atoms in total. The average Bonchev–Trinajstić information content (AvgIpc) is 2.28. The number of allylic oxidation sites excluding steroid dienone is 1. The van der Waals surface area contributed by atoms with Crippen molar-refractivity contribution in [3.63, 3.8) is 0 Å². The minimum Gasteiger partial charge on any atom is -0.478 e. The van der Waals surface area contributed by atoms with Gasteiger partial charge in [0.15, 0.2) is 0 Å². The van der Waals surface area contributed by atoms with Gasteiger partial charge >= 0.3 is 5.97 Å². The summed E-state index contributed by atoms with van der Waals surface area (Å²) in [6.07, 6.45) is 3.24. The number of carboxylic acid groups (broad SMARTS) is 1. The zero-order valence-corrected chi connectivity index (χ0v) is 9.87. The van der Waals surface area contributed by atoms with Gasteiger partial charge in [0, 0.05) is 16.7 Å². The summed E-state index contributed by atoms with van der Waals surface area (Å²) in [6.45, 7) is 1.87. The monoisotopic (exact) mass is 238 g/mol. The summed E-state index contributed by atoms with van der Waals surface area (Å²) in [5.74, 6) is -0.359. The van der Waals surface area contributed by atoms with Crippen molar-refractivity contribution in [1.82, 2.24) is 0 Å². The third-order valence-corrected chi connectivity index (χ3v) is 3.34. The number of aliphatic carboxylic acids is 1. The van der Waals surface area contributed by atoms with Crippen LogP contribution in [-0.4, -0.2) is 21.0 Å². The first kappa shape index (κ1) is 12.6. The highest BCUT2D eigenvalue weighted by molar-refractivity contribution is 7.85. The highest BCUT2D eigenvalue weighted by atomic mass is 32.2. The fourth-order valence-corrected chi connectivity index (χ4v) is 2.12. The van der Waals surface area contributed by atoms with Gasteiger partial charge in [-0.2, -0.15) is 0 Å². The first-order chi connectivity index (χ1) is 7.63. The highest BCUT2D eigenvalue weighted by Crippen LogP contribution is 2.10. The van der Waals surface area contributed by atoms with Crippen LogP contribution < -0.4 is 0 Å². The molecule has 0 spiro atoms. The molecular weight excluding hydrogens is 224 g/mol. The normalized spacial score (nSPS) is 12.8. The quantitative estimate of drug-likeness (QED) is 0.798. The number of carbonyl (C=O) groups is 1. The fraction of sp³-hybridized carbons (Fsp3) is 0.250. The second kappa shape index (κ2) is 6.23. The van der Waals surface area contributed by atoms with Gasteiger partial charge in [-0.1, -0.05) is 25.1 Å². The molecule has 16 heavy (non-hydrogen) atoms. The fourth-order valence-electron chi connectivity index (χ4n) is 1.28. The lowest BCUT2D eigenvalue weighted by Gasteiger charge is -2.01. The second-order valence-corrected chi connectivity index (χ2v) is 4.97. The van der Waals surface area contributed by atoms with E-state index in [0.717, 1.165) is 16.5 Å². The van der Waals surface area contributed by atoms with Crippen LogP contribution in [0.2, 0.25) is 0 Å². The SMILES string of the molecule is CCS(=O)c1cccc(C/C=C/C(=O)O)c1. The Morgan fingerprint density at radius 2 is 2.25 bits per heavy atom. The van der Waals surface area contributed by atoms with Crippen molar-refractivity contribution < 1.29 is 14.1 Å². The van der Waals surface area contributed by atoms with Gasteiger partial charge in [0.25, 0.3) is 0 Å². The topological polar surface area (TPSA) is 54.4 Å². The molecule has 86 valence electrons. The van der Waals surface area contributed by atoms with Gasteiger partial charge in [0.1, 0.15) is 0 Å². The Labute approximate surface area is 97.3 Å². The molecule has 0 aliphatic heterocycles. The Hall–Kier alpha value is -1.42. The van der Waals surface area contributed by atoms with Crippen LogP contribution >= 0.6 is 0 Å². The molecule has 1 unspecified atom stereocenters. The van der Waals surface area contributed by atoms with Crippen LogP contribution in [0.1, 0.15) is 12.5 Å². The Morgan fingerprint density at radius 1 is 1.50 bits per heavy atom. The molecule has 0 bridgehead atoms. The van der Waals surface area contributed by atoms with E-state index in [1.807, 2.05) is 31.2 Å². The van der Waals surface area contributed by atoms with Crippen LogP contribution in [0.25, 0.3) is 0 Å².